The van der Waals surface area contributed by atoms with Crippen molar-refractivity contribution < 1.29 is 83.7 Å². The van der Waals surface area contributed by atoms with Crippen molar-refractivity contribution in [3.63, 3.8) is 0 Å². The summed E-state index contributed by atoms with van der Waals surface area (Å²) in [6.07, 6.45) is -0.544. The number of hydrogen-bond donors (Lipinski definition) is 5. The molecule has 2 aromatic carbocycles. The fraction of sp³-hybridized carbons (Fsp3) is 0.560. The van der Waals surface area contributed by atoms with Crippen LogP contribution in [0.2, 0.25) is 0 Å². The normalized spacial score (nSPS) is 30.3. The third-order valence-corrected chi connectivity index (χ3v) is 24.5. The highest BCUT2D eigenvalue weighted by molar-refractivity contribution is 8.02. The van der Waals surface area contributed by atoms with Crippen LogP contribution in [0.4, 0.5) is 0 Å². The average molecular weight is 1190 g/mol. The van der Waals surface area contributed by atoms with Crippen LogP contribution in [0, 0.1) is 0 Å². The van der Waals surface area contributed by atoms with Crippen LogP contribution < -0.4 is 27.0 Å². The molecule has 7 aliphatic rings. The van der Waals surface area contributed by atoms with Gasteiger partial charge in [0.15, 0.2) is 19.7 Å². The van der Waals surface area contributed by atoms with Crippen LogP contribution in [0.1, 0.15) is 91.4 Å². The first kappa shape index (κ1) is 58.3. The van der Waals surface area contributed by atoms with Gasteiger partial charge in [-0.05, 0) is 66.5 Å². The number of carbonyl (C=O) groups is 10. The van der Waals surface area contributed by atoms with Crippen LogP contribution in [0.25, 0.3) is 0 Å². The number of β-lactam (4-membered cyclic amide) rings is 3. The van der Waals surface area contributed by atoms with Gasteiger partial charge in [0.05, 0.1) is 27.7 Å². The first-order valence-corrected chi connectivity index (χ1v) is 30.1. The van der Waals surface area contributed by atoms with Gasteiger partial charge in [0.2, 0.25) is 49.0 Å². The highest BCUT2D eigenvalue weighted by Gasteiger charge is 2.70. The van der Waals surface area contributed by atoms with Gasteiger partial charge in [-0.25, -0.2) is 31.2 Å². The fourth-order valence-electron chi connectivity index (χ4n) is 11.2. The number of hydrogen-bond acceptors (Lipinski definition) is 22. The van der Waals surface area contributed by atoms with Crippen LogP contribution >= 0.6 is 23.5 Å². The number of amides is 6. The van der Waals surface area contributed by atoms with E-state index in [1.54, 1.807) is 76.2 Å². The van der Waals surface area contributed by atoms with E-state index in [1.807, 2.05) is 0 Å². The summed E-state index contributed by atoms with van der Waals surface area (Å²) in [6, 6.07) is 4.95. The molecule has 0 spiro atoms. The van der Waals surface area contributed by atoms with E-state index in [1.165, 1.54) is 44.7 Å². The summed E-state index contributed by atoms with van der Waals surface area (Å²) in [6.45, 7) is 9.85. The average Bonchev–Trinajstić information content (AvgIpc) is 3.75. The maximum absolute atomic E-state index is 14.8. The number of sulfone groups is 2. The molecule has 0 radical (unpaired) electrons. The van der Waals surface area contributed by atoms with Crippen molar-refractivity contribution in [3.8, 4) is 0 Å². The molecule has 26 nitrogen and oxygen atoms in total. The lowest BCUT2D eigenvalue weighted by Crippen LogP contribution is -2.71. The van der Waals surface area contributed by atoms with E-state index in [0.29, 0.717) is 5.56 Å². The molecule has 0 saturated carbocycles. The molecule has 6 amide bonds. The monoisotopic (exact) mass is 1190 g/mol. The Kier molecular flexibility index (Phi) is 15.0. The molecular formula is C50H60N8O18S4. The molecule has 2 aromatic rings. The number of nitrogens with zero attached hydrogens (tertiary/aromatic N) is 3. The topological polar surface area (TPSA) is 360 Å². The van der Waals surface area contributed by atoms with Crippen molar-refractivity contribution in [3.05, 3.63) is 71.8 Å². The van der Waals surface area contributed by atoms with Crippen molar-refractivity contribution in [2.75, 3.05) is 13.6 Å². The van der Waals surface area contributed by atoms with Gasteiger partial charge < -0.3 is 55.3 Å². The highest BCUT2D eigenvalue weighted by Crippen LogP contribution is 2.52. The third-order valence-electron chi connectivity index (χ3n) is 15.9. The number of benzene rings is 2. The van der Waals surface area contributed by atoms with E-state index in [0.717, 1.165) is 33.3 Å². The zero-order valence-corrected chi connectivity index (χ0v) is 47.7. The van der Waals surface area contributed by atoms with Gasteiger partial charge in [0.1, 0.15) is 64.5 Å². The first-order chi connectivity index (χ1) is 37.3. The van der Waals surface area contributed by atoms with Gasteiger partial charge in [-0.2, -0.15) is 0 Å². The predicted octanol–water partition coefficient (Wildman–Crippen LogP) is -1.26. The second-order valence-corrected chi connectivity index (χ2v) is 31.3. The molecule has 7 heterocycles. The molecule has 6 N–H and O–H groups in total. The Hall–Kier alpha value is -6.34. The molecular weight excluding hydrogens is 1130 g/mol. The van der Waals surface area contributed by atoms with Crippen molar-refractivity contribution in [2.45, 2.75) is 157 Å². The Balaban J connectivity index is 0.872. The summed E-state index contributed by atoms with van der Waals surface area (Å²) in [5.41, 5.74) is 7.02. The molecule has 7 fully saturated rings. The Labute approximate surface area is 468 Å². The summed E-state index contributed by atoms with van der Waals surface area (Å²) >= 11 is 2.20. The van der Waals surface area contributed by atoms with Gasteiger partial charge in [-0.15, -0.1) is 23.5 Å². The number of nitrogens with one attached hydrogen (secondary N) is 4. The number of fused-ring (bicyclic) bond motifs is 3. The summed E-state index contributed by atoms with van der Waals surface area (Å²) in [7, 11) is -7.87. The molecule has 432 valence electrons. The standard InChI is InChI=1S/C50H60N8O18S4/c1-47(2)33(43(65)73-21-75-45(67)35-49(5,6)79(69,70)27-19-25(59)56(27)35)55-40(77-47)31(53-37(61)29(51)23-15-11-9-12-16-23)39(63)52-30(24-17-13-10-14-18-24)38(62)54-32-41(64)58-34(48(3,4)78-42(32)58)44(66)74-22-76-46(68)36-50(7,8)80(71,72)28-20-26(60)57(28)36/h9-18,27-36,40,42,55H,19-22,51H2,1-8H3,(H,52,63)(H,53,61)(H,54,62)/t27-,28-,29-,30-,31?,32-,33+,34+,35+,36+,40?,42-/m1/s1. The Morgan fingerprint density at radius 1 is 0.613 bits per heavy atom. The molecule has 2 unspecified atom stereocenters. The number of thioether (sulfide) groups is 2. The SMILES string of the molecule is CC1(C)S[C@@H]2[C@H](NC(=O)[C@H](NC(=O)C(NC(=O)[C@H](N)c3ccccc3)C3N[C@@H](C(=O)OCOC(=O)[C@@H]4N5C(=O)C[C@H]5S(=O)(=O)C4(C)C)C(C)(C)S3)c3ccccc3)C(=O)N2[C@H]1C(=O)OCOC(=O)[C@@H]1N2C(=O)C[C@H]2S(=O)(=O)C1(C)C. The van der Waals surface area contributed by atoms with Crippen LogP contribution in [0.3, 0.4) is 0 Å². The number of esters is 4. The molecule has 0 bridgehead atoms. The van der Waals surface area contributed by atoms with Gasteiger partial charge >= 0.3 is 23.9 Å². The summed E-state index contributed by atoms with van der Waals surface area (Å²) in [4.78, 5) is 139. The lowest BCUT2D eigenvalue weighted by Gasteiger charge is -2.44. The lowest BCUT2D eigenvalue weighted by atomic mass is 9.95. The van der Waals surface area contributed by atoms with E-state index < -0.39 is 181 Å². The summed E-state index contributed by atoms with van der Waals surface area (Å²) in [5, 5.41) is 6.76. The second-order valence-electron chi connectivity index (χ2n) is 22.3. The van der Waals surface area contributed by atoms with E-state index >= 15 is 0 Å². The van der Waals surface area contributed by atoms with E-state index in [-0.39, 0.29) is 18.4 Å². The Morgan fingerprint density at radius 2 is 1.07 bits per heavy atom. The highest BCUT2D eigenvalue weighted by atomic mass is 32.2. The molecule has 30 heteroatoms. The number of ether oxygens (including phenoxy) is 4. The minimum atomic E-state index is -3.94. The van der Waals surface area contributed by atoms with Gasteiger partial charge in [-0.1, -0.05) is 60.7 Å². The number of rotatable bonds is 17. The Bertz CT molecular complexity index is 3200. The maximum Gasteiger partial charge on any atom is 0.333 e. The zero-order valence-electron chi connectivity index (χ0n) is 44.4. The van der Waals surface area contributed by atoms with Crippen LogP contribution in [-0.4, -0.2) is 181 Å². The maximum atomic E-state index is 14.8. The zero-order chi connectivity index (χ0) is 58.6. The fourth-order valence-corrected chi connectivity index (χ4v) is 18.6. The third kappa shape index (κ3) is 9.54. The minimum Gasteiger partial charge on any atom is -0.427 e. The Morgan fingerprint density at radius 3 is 1.56 bits per heavy atom. The molecule has 7 aliphatic heterocycles. The van der Waals surface area contributed by atoms with Crippen molar-refractivity contribution in [1.82, 2.24) is 36.0 Å². The van der Waals surface area contributed by atoms with Crippen molar-refractivity contribution in [1.29, 1.82) is 0 Å². The summed E-state index contributed by atoms with van der Waals surface area (Å²) < 4.78 is 67.7. The summed E-state index contributed by atoms with van der Waals surface area (Å²) in [5.74, 6) is -8.60. The van der Waals surface area contributed by atoms with Crippen molar-refractivity contribution >= 4 is 103 Å². The van der Waals surface area contributed by atoms with Crippen LogP contribution in [-0.2, 0) is 86.6 Å². The molecule has 0 aromatic heterocycles. The van der Waals surface area contributed by atoms with Gasteiger partial charge in [0.25, 0.3) is 0 Å². The van der Waals surface area contributed by atoms with E-state index in [2.05, 4.69) is 21.3 Å². The lowest BCUT2D eigenvalue weighted by molar-refractivity contribution is -0.181. The molecule has 7 saturated heterocycles. The second kappa shape index (κ2) is 20.6. The number of nitrogens with two attached hydrogens (primary N) is 1. The van der Waals surface area contributed by atoms with Crippen molar-refractivity contribution in [2.24, 2.45) is 5.73 Å². The van der Waals surface area contributed by atoms with Gasteiger partial charge in [-0.3, -0.25) is 38.9 Å². The van der Waals surface area contributed by atoms with Crippen LogP contribution in [0.5, 0.6) is 0 Å². The predicted molar refractivity (Wildman–Crippen MR) is 281 cm³/mol. The molecule has 9 rings (SSSR count). The number of carbonyl (C=O) groups excluding carboxylic acids is 10. The first-order valence-electron chi connectivity index (χ1n) is 25.2. The van der Waals surface area contributed by atoms with Gasteiger partial charge in [0, 0.05) is 9.49 Å². The van der Waals surface area contributed by atoms with Crippen LogP contribution in [0.15, 0.2) is 60.7 Å². The van der Waals surface area contributed by atoms with E-state index in [9.17, 15) is 64.8 Å². The smallest absolute Gasteiger partial charge is 0.333 e. The largest absolute Gasteiger partial charge is 0.427 e. The molecule has 12 atom stereocenters. The molecule has 80 heavy (non-hydrogen) atoms. The quantitative estimate of drug-likeness (QED) is 0.0701. The minimum absolute atomic E-state index is 0.243. The van der Waals surface area contributed by atoms with E-state index in [4.69, 9.17) is 24.7 Å². The molecule has 0 aliphatic carbocycles.